The summed E-state index contributed by atoms with van der Waals surface area (Å²) in [5.74, 6) is 0. The Balaban J connectivity index is 0. The molecule has 0 atom stereocenters. The van der Waals surface area contributed by atoms with E-state index in [0.717, 1.165) is 77.0 Å². The first-order valence-corrected chi connectivity index (χ1v) is 19.2. The van der Waals surface area contributed by atoms with Crippen molar-refractivity contribution in [1.29, 1.82) is 0 Å². The number of urea groups is 3. The van der Waals surface area contributed by atoms with E-state index >= 15 is 0 Å². The summed E-state index contributed by atoms with van der Waals surface area (Å²) in [5.41, 5.74) is 0. The van der Waals surface area contributed by atoms with E-state index in [2.05, 4.69) is 66.3 Å². The summed E-state index contributed by atoms with van der Waals surface area (Å²) >= 11 is 3.89. The minimum absolute atomic E-state index is 0.133. The Morgan fingerprint density at radius 2 is 0.880 bits per heavy atom. The largest absolute Gasteiger partial charge is 0.338 e. The lowest BCUT2D eigenvalue weighted by atomic mass is 10.2. The number of hydrogen-bond donors (Lipinski definition) is 5. The van der Waals surface area contributed by atoms with E-state index in [9.17, 15) is 28.8 Å². The van der Waals surface area contributed by atoms with E-state index in [1.165, 1.54) is 18.2 Å². The van der Waals surface area contributed by atoms with E-state index in [4.69, 9.17) is 0 Å². The lowest BCUT2D eigenvalue weighted by Crippen LogP contribution is -2.48. The maximum absolute atomic E-state index is 12.8. The number of hydrogen-bond acceptors (Lipinski definition) is 11. The number of aliphatic imine (C=N–C) groups is 3. The maximum Gasteiger partial charge on any atom is 0.317 e. The molecule has 16 nitrogen and oxygen atoms in total. The summed E-state index contributed by atoms with van der Waals surface area (Å²) < 4.78 is 0. The van der Waals surface area contributed by atoms with Gasteiger partial charge in [-0.1, -0.05) is 50.3 Å². The van der Waals surface area contributed by atoms with E-state index in [1.807, 2.05) is 6.92 Å². The summed E-state index contributed by atoms with van der Waals surface area (Å²) in [4.78, 5) is 82.0. The van der Waals surface area contributed by atoms with Crippen LogP contribution >= 0.6 is 8.02 Å². The molecule has 0 heterocycles. The van der Waals surface area contributed by atoms with Gasteiger partial charge in [-0.25, -0.2) is 43.7 Å². The van der Waals surface area contributed by atoms with Crippen LogP contribution in [0.3, 0.4) is 0 Å². The van der Waals surface area contributed by atoms with Crippen LogP contribution in [0.1, 0.15) is 84.0 Å². The summed E-state index contributed by atoms with van der Waals surface area (Å²) in [7, 11) is 2.56. The molecule has 0 aliphatic carbocycles. The van der Waals surface area contributed by atoms with E-state index in [0.29, 0.717) is 85.1 Å². The first-order chi connectivity index (χ1) is 24.5. The lowest BCUT2D eigenvalue weighted by Gasteiger charge is -2.27. The van der Waals surface area contributed by atoms with E-state index < -0.39 is 0 Å². The van der Waals surface area contributed by atoms with Gasteiger partial charge in [0.15, 0.2) is 0 Å². The Labute approximate surface area is 304 Å². The number of carbonyl (C=O) groups excluding carboxylic acids is 6. The fraction of sp³-hybridized carbons (Fsp3) is 0.812. The van der Waals surface area contributed by atoms with Gasteiger partial charge >= 0.3 is 18.1 Å². The number of likely N-dealkylation sites (N-methyl/N-ethyl adjacent to an activating group) is 1. The van der Waals surface area contributed by atoms with Crippen LogP contribution in [0.15, 0.2) is 15.0 Å². The number of amides is 6. The highest BCUT2D eigenvalue weighted by atomic mass is 32.4. The molecule has 0 aromatic heterocycles. The van der Waals surface area contributed by atoms with Crippen LogP contribution in [0, 0.1) is 0 Å². The Morgan fingerprint density at radius 3 is 1.26 bits per heavy atom. The predicted octanol–water partition coefficient (Wildman–Crippen LogP) is 3.20. The van der Waals surface area contributed by atoms with Crippen molar-refractivity contribution in [3.8, 4) is 0 Å². The summed E-state index contributed by atoms with van der Waals surface area (Å²) in [6.07, 6.45) is 15.2. The van der Waals surface area contributed by atoms with Gasteiger partial charge in [-0.2, -0.15) is 0 Å². The van der Waals surface area contributed by atoms with Crippen molar-refractivity contribution >= 4 is 56.2 Å². The minimum Gasteiger partial charge on any atom is -0.338 e. The van der Waals surface area contributed by atoms with Gasteiger partial charge in [0.25, 0.3) is 0 Å². The second-order valence-corrected chi connectivity index (χ2v) is 11.2. The zero-order valence-corrected chi connectivity index (χ0v) is 31.6. The molecular formula is C32H59N10O6PS. The molecule has 0 aliphatic rings. The molecule has 5 N–H and O–H groups in total. The smallest absolute Gasteiger partial charge is 0.317 e. The van der Waals surface area contributed by atoms with Crippen LogP contribution in [0.25, 0.3) is 0 Å². The third-order valence-electron chi connectivity index (χ3n) is 7.41. The molecule has 0 bridgehead atoms. The number of carbonyl (C=O) groups is 3. The van der Waals surface area contributed by atoms with Crippen LogP contribution in [0.4, 0.5) is 14.4 Å². The molecule has 0 aromatic carbocycles. The van der Waals surface area contributed by atoms with Gasteiger partial charge in [0, 0.05) is 65.4 Å². The maximum atomic E-state index is 12.8. The van der Waals surface area contributed by atoms with Crippen LogP contribution in [-0.4, -0.2) is 131 Å². The molecule has 0 fully saturated rings. The van der Waals surface area contributed by atoms with E-state index in [-0.39, 0.29) is 18.1 Å². The molecule has 50 heavy (non-hydrogen) atoms. The molecule has 0 aliphatic heterocycles. The molecule has 0 spiro atoms. The number of isocyanates is 3. The van der Waals surface area contributed by atoms with Gasteiger partial charge in [-0.05, 0) is 53.5 Å². The van der Waals surface area contributed by atoms with Crippen LogP contribution in [0.5, 0.6) is 0 Å². The fourth-order valence-electron chi connectivity index (χ4n) is 4.64. The Morgan fingerprint density at radius 1 is 0.520 bits per heavy atom. The van der Waals surface area contributed by atoms with Crippen molar-refractivity contribution in [2.45, 2.75) is 84.0 Å². The van der Waals surface area contributed by atoms with Gasteiger partial charge in [0.2, 0.25) is 18.2 Å². The summed E-state index contributed by atoms with van der Waals surface area (Å²) in [6.45, 7) is 8.51. The lowest BCUT2D eigenvalue weighted by molar-refractivity contribution is 0.184. The monoisotopic (exact) mass is 742 g/mol. The molecule has 284 valence electrons. The number of unbranched alkanes of at least 4 members (excludes halogenated alkanes) is 9. The van der Waals surface area contributed by atoms with Gasteiger partial charge in [0.1, 0.15) is 0 Å². The van der Waals surface area contributed by atoms with Crippen molar-refractivity contribution in [2.24, 2.45) is 15.0 Å². The molecule has 0 radical (unpaired) electrons. The minimum atomic E-state index is -0.250. The first kappa shape index (κ1) is 48.5. The van der Waals surface area contributed by atoms with Crippen LogP contribution in [0.2, 0.25) is 0 Å². The third-order valence-corrected chi connectivity index (χ3v) is 7.41. The highest BCUT2D eigenvalue weighted by Crippen LogP contribution is 2.01. The Kier molecular flexibility index (Phi) is 38.7. The molecule has 0 rings (SSSR count). The fourth-order valence-corrected chi connectivity index (χ4v) is 4.64. The Hall–Kier alpha value is -3.57. The summed E-state index contributed by atoms with van der Waals surface area (Å²) in [5, 5.41) is 14.4. The average Bonchev–Trinajstić information content (AvgIpc) is 3.12. The van der Waals surface area contributed by atoms with Crippen molar-refractivity contribution in [1.82, 2.24) is 36.4 Å². The molecule has 0 saturated heterocycles. The normalized spacial score (nSPS) is 9.88. The second kappa shape index (κ2) is 39.9. The van der Waals surface area contributed by atoms with Gasteiger partial charge in [-0.15, -0.1) is 0 Å². The first-order valence-electron chi connectivity index (χ1n) is 17.6. The number of nitrogens with one attached hydrogen (secondary N) is 5. The van der Waals surface area contributed by atoms with Crippen molar-refractivity contribution in [2.75, 3.05) is 85.1 Å². The van der Waals surface area contributed by atoms with Crippen LogP contribution < -0.4 is 26.6 Å². The molecule has 0 unspecified atom stereocenters. The highest BCUT2D eigenvalue weighted by molar-refractivity contribution is 7.88. The molecule has 0 saturated carbocycles. The molecular weight excluding hydrogens is 683 g/mol. The zero-order chi connectivity index (χ0) is 37.3. The molecule has 6 amide bonds. The molecule has 0 aromatic rings. The topological polar surface area (TPSA) is 206 Å². The van der Waals surface area contributed by atoms with Gasteiger partial charge in [-0.3, -0.25) is 4.90 Å². The van der Waals surface area contributed by atoms with Gasteiger partial charge in [0.05, 0.1) is 19.6 Å². The second-order valence-electron chi connectivity index (χ2n) is 11.2. The molecule has 18 heteroatoms. The van der Waals surface area contributed by atoms with Crippen LogP contribution in [-0.2, 0) is 26.2 Å². The highest BCUT2D eigenvalue weighted by Gasteiger charge is 2.14. The van der Waals surface area contributed by atoms with Gasteiger partial charge < -0.3 is 31.5 Å². The Bertz CT molecular complexity index is 977. The van der Waals surface area contributed by atoms with Crippen molar-refractivity contribution < 1.29 is 28.8 Å². The third kappa shape index (κ3) is 34.3. The number of nitrogens with zero attached hydrogens (tertiary/aromatic N) is 5. The average molecular weight is 743 g/mol. The van der Waals surface area contributed by atoms with E-state index in [1.54, 1.807) is 4.90 Å². The predicted molar refractivity (Wildman–Crippen MR) is 200 cm³/mol. The SMILES string of the molecule is CCN(CCN(CCNC(=O)NCCCCCCN=C=O)CCNC(=O)NCCCCCCN=C=O)C(=O)NCCCCCCN=C=O.P=S. The van der Waals surface area contributed by atoms with Crippen molar-refractivity contribution in [3.05, 3.63) is 0 Å². The standard InChI is InChI=1S/C32H58N10O6.HPS/c1-2-42(32(48)40-20-14-8-5-11-17-35-29-45)26-25-41(23-21-38-30(46)36-18-12-6-3-9-15-33-27-43)24-22-39-31(47)37-19-13-7-4-10-16-34-28-44;1-2/h2-26H2,1H3,(H,40,48)(H2,36,38,46)(H2,37,39,47);1H. The summed E-state index contributed by atoms with van der Waals surface area (Å²) in [6, 6.07) is -0.632. The van der Waals surface area contributed by atoms with Crippen molar-refractivity contribution in [3.63, 3.8) is 0 Å². The number of rotatable bonds is 31. The quantitative estimate of drug-likeness (QED) is 0.0308. The zero-order valence-electron chi connectivity index (χ0n) is 29.8.